The van der Waals surface area contributed by atoms with Gasteiger partial charge in [-0.1, -0.05) is 29.8 Å². The molecule has 0 amide bonds. The zero-order valence-corrected chi connectivity index (χ0v) is 12.7. The number of hydrogen-bond donors (Lipinski definition) is 1. The van der Waals surface area contributed by atoms with Crippen LogP contribution in [0.5, 0.6) is 0 Å². The van der Waals surface area contributed by atoms with E-state index in [9.17, 15) is 8.78 Å². The van der Waals surface area contributed by atoms with Crippen molar-refractivity contribution < 1.29 is 8.78 Å². The highest BCUT2D eigenvalue weighted by molar-refractivity contribution is 7.17. The van der Waals surface area contributed by atoms with Crippen molar-refractivity contribution in [3.63, 3.8) is 0 Å². The SMILES string of the molecule is CNC(c1cc(F)c(Cl)cc1F)c1cccc2ccsc12. The number of nitrogens with one attached hydrogen (secondary N) is 1. The van der Waals surface area contributed by atoms with Gasteiger partial charge in [-0.3, -0.25) is 0 Å². The molecular weight excluding hydrogens is 312 g/mol. The van der Waals surface area contributed by atoms with E-state index >= 15 is 0 Å². The molecule has 0 fully saturated rings. The fourth-order valence-corrected chi connectivity index (χ4v) is 3.58. The van der Waals surface area contributed by atoms with E-state index in [4.69, 9.17) is 11.6 Å². The number of rotatable bonds is 3. The Hall–Kier alpha value is -1.49. The summed E-state index contributed by atoms with van der Waals surface area (Å²) in [6, 6.07) is 9.59. The molecule has 1 nitrogen and oxygen atoms in total. The van der Waals surface area contributed by atoms with Gasteiger partial charge in [0, 0.05) is 10.3 Å². The van der Waals surface area contributed by atoms with E-state index < -0.39 is 17.7 Å². The molecule has 21 heavy (non-hydrogen) atoms. The Bertz CT molecular complexity index is 800. The molecule has 0 spiro atoms. The predicted octanol–water partition coefficient (Wildman–Crippen LogP) is 5.14. The fourth-order valence-electron chi connectivity index (χ4n) is 2.48. The lowest BCUT2D eigenvalue weighted by atomic mass is 9.97. The van der Waals surface area contributed by atoms with Gasteiger partial charge in [0.25, 0.3) is 0 Å². The normalized spacial score (nSPS) is 12.8. The zero-order chi connectivity index (χ0) is 15.0. The number of fused-ring (bicyclic) bond motifs is 1. The largest absolute Gasteiger partial charge is 0.309 e. The molecular formula is C16H12ClF2NS. The molecule has 2 aromatic carbocycles. The Morgan fingerprint density at radius 1 is 1.10 bits per heavy atom. The summed E-state index contributed by atoms with van der Waals surface area (Å²) in [5.74, 6) is -1.14. The summed E-state index contributed by atoms with van der Waals surface area (Å²) in [6.07, 6.45) is 0. The van der Waals surface area contributed by atoms with Crippen LogP contribution in [0.4, 0.5) is 8.78 Å². The number of hydrogen-bond acceptors (Lipinski definition) is 2. The first-order valence-electron chi connectivity index (χ1n) is 6.39. The molecule has 1 aromatic heterocycles. The Morgan fingerprint density at radius 2 is 1.90 bits per heavy atom. The van der Waals surface area contributed by atoms with Crippen LogP contribution in [-0.2, 0) is 0 Å². The van der Waals surface area contributed by atoms with Crippen molar-refractivity contribution in [3.05, 3.63) is 69.6 Å². The highest BCUT2D eigenvalue weighted by Crippen LogP contribution is 2.34. The average Bonchev–Trinajstić information content (AvgIpc) is 2.94. The maximum Gasteiger partial charge on any atom is 0.142 e. The molecule has 108 valence electrons. The van der Waals surface area contributed by atoms with Gasteiger partial charge in [0.2, 0.25) is 0 Å². The van der Waals surface area contributed by atoms with Crippen LogP contribution >= 0.6 is 22.9 Å². The Morgan fingerprint density at radius 3 is 2.67 bits per heavy atom. The summed E-state index contributed by atoms with van der Waals surface area (Å²) in [5.41, 5.74) is 1.17. The van der Waals surface area contributed by atoms with E-state index in [-0.39, 0.29) is 10.6 Å². The van der Waals surface area contributed by atoms with Crippen molar-refractivity contribution >= 4 is 33.0 Å². The van der Waals surface area contributed by atoms with Gasteiger partial charge in [0.1, 0.15) is 11.6 Å². The van der Waals surface area contributed by atoms with E-state index in [1.54, 1.807) is 18.4 Å². The monoisotopic (exact) mass is 323 g/mol. The molecule has 3 aromatic rings. The standard InChI is InChI=1S/C16H12ClF2NS/c1-20-15(11-7-14(19)12(17)8-13(11)18)10-4-2-3-9-5-6-21-16(9)10/h2-8,15,20H,1H3. The highest BCUT2D eigenvalue weighted by atomic mass is 35.5. The second kappa shape index (κ2) is 5.72. The van der Waals surface area contributed by atoms with Gasteiger partial charge in [-0.15, -0.1) is 11.3 Å². The van der Waals surface area contributed by atoms with Crippen molar-refractivity contribution in [2.24, 2.45) is 0 Å². The zero-order valence-electron chi connectivity index (χ0n) is 11.2. The minimum atomic E-state index is -0.619. The molecule has 0 aliphatic heterocycles. The predicted molar refractivity (Wildman–Crippen MR) is 84.1 cm³/mol. The van der Waals surface area contributed by atoms with E-state index in [0.717, 1.165) is 27.8 Å². The third kappa shape index (κ3) is 2.55. The summed E-state index contributed by atoms with van der Waals surface area (Å²) in [4.78, 5) is 0. The molecule has 0 aliphatic rings. The number of benzene rings is 2. The van der Waals surface area contributed by atoms with Crippen molar-refractivity contribution in [2.75, 3.05) is 7.05 Å². The van der Waals surface area contributed by atoms with Crippen LogP contribution < -0.4 is 5.32 Å². The molecule has 0 radical (unpaired) electrons. The Balaban J connectivity index is 2.19. The summed E-state index contributed by atoms with van der Waals surface area (Å²) >= 11 is 7.21. The molecule has 0 saturated heterocycles. The molecule has 0 bridgehead atoms. The fraction of sp³-hybridized carbons (Fsp3) is 0.125. The first-order chi connectivity index (χ1) is 10.1. The van der Waals surface area contributed by atoms with Gasteiger partial charge in [0.05, 0.1) is 11.1 Å². The first kappa shape index (κ1) is 14.4. The van der Waals surface area contributed by atoms with E-state index in [0.29, 0.717) is 0 Å². The van der Waals surface area contributed by atoms with Crippen LogP contribution in [0.15, 0.2) is 41.8 Å². The summed E-state index contributed by atoms with van der Waals surface area (Å²) in [5, 5.41) is 5.93. The van der Waals surface area contributed by atoms with E-state index in [2.05, 4.69) is 5.32 Å². The molecule has 1 atom stereocenters. The van der Waals surface area contributed by atoms with Crippen LogP contribution in [0, 0.1) is 11.6 Å². The summed E-state index contributed by atoms with van der Waals surface area (Å²) in [6.45, 7) is 0. The van der Waals surface area contributed by atoms with Gasteiger partial charge in [-0.05, 0) is 41.6 Å². The molecule has 0 saturated carbocycles. The van der Waals surface area contributed by atoms with Gasteiger partial charge in [0.15, 0.2) is 0 Å². The Kier molecular flexibility index (Phi) is 3.93. The van der Waals surface area contributed by atoms with Crippen LogP contribution in [0.1, 0.15) is 17.2 Å². The maximum absolute atomic E-state index is 14.2. The van der Waals surface area contributed by atoms with Crippen LogP contribution in [0.2, 0.25) is 5.02 Å². The molecule has 5 heteroatoms. The maximum atomic E-state index is 14.2. The lowest BCUT2D eigenvalue weighted by Gasteiger charge is -2.19. The minimum absolute atomic E-state index is 0.208. The summed E-state index contributed by atoms with van der Waals surface area (Å²) in [7, 11) is 1.73. The van der Waals surface area contributed by atoms with Crippen LogP contribution in [0.3, 0.4) is 0 Å². The van der Waals surface area contributed by atoms with Gasteiger partial charge >= 0.3 is 0 Å². The highest BCUT2D eigenvalue weighted by Gasteiger charge is 2.20. The van der Waals surface area contributed by atoms with E-state index in [1.807, 2.05) is 29.6 Å². The second-order valence-corrected chi connectivity index (χ2v) is 6.02. The lowest BCUT2D eigenvalue weighted by molar-refractivity contribution is 0.559. The second-order valence-electron chi connectivity index (χ2n) is 4.70. The van der Waals surface area contributed by atoms with Crippen molar-refractivity contribution in [1.82, 2.24) is 5.32 Å². The van der Waals surface area contributed by atoms with Gasteiger partial charge in [-0.25, -0.2) is 8.78 Å². The quantitative estimate of drug-likeness (QED) is 0.658. The minimum Gasteiger partial charge on any atom is -0.309 e. The van der Waals surface area contributed by atoms with Crippen molar-refractivity contribution in [2.45, 2.75) is 6.04 Å². The van der Waals surface area contributed by atoms with Gasteiger partial charge in [-0.2, -0.15) is 0 Å². The van der Waals surface area contributed by atoms with E-state index in [1.165, 1.54) is 0 Å². The summed E-state index contributed by atoms with van der Waals surface area (Å²) < 4.78 is 29.0. The molecule has 3 rings (SSSR count). The topological polar surface area (TPSA) is 12.0 Å². The van der Waals surface area contributed by atoms with Crippen molar-refractivity contribution in [3.8, 4) is 0 Å². The van der Waals surface area contributed by atoms with Gasteiger partial charge < -0.3 is 5.32 Å². The molecule has 1 heterocycles. The molecule has 1 N–H and O–H groups in total. The number of halogens is 3. The van der Waals surface area contributed by atoms with Crippen LogP contribution in [-0.4, -0.2) is 7.05 Å². The average molecular weight is 324 g/mol. The van der Waals surface area contributed by atoms with Crippen molar-refractivity contribution in [1.29, 1.82) is 0 Å². The molecule has 0 aliphatic carbocycles. The third-order valence-corrected chi connectivity index (χ3v) is 4.73. The number of thiophene rings is 1. The first-order valence-corrected chi connectivity index (χ1v) is 7.65. The third-order valence-electron chi connectivity index (χ3n) is 3.46. The lowest BCUT2D eigenvalue weighted by Crippen LogP contribution is -2.19. The molecule has 1 unspecified atom stereocenters. The van der Waals surface area contributed by atoms with Crippen LogP contribution in [0.25, 0.3) is 10.1 Å². The Labute approximate surface area is 130 Å². The smallest absolute Gasteiger partial charge is 0.142 e.